The van der Waals surface area contributed by atoms with Gasteiger partial charge in [0.1, 0.15) is 29.3 Å². The number of fused-ring (bicyclic) bond motifs is 1. The third-order valence-electron chi connectivity index (χ3n) is 4.65. The van der Waals surface area contributed by atoms with E-state index in [-0.39, 0.29) is 30.1 Å². The van der Waals surface area contributed by atoms with Gasteiger partial charge in [-0.1, -0.05) is 6.92 Å². The SMILES string of the molecule is CCNc1cc(O)c2c(c1)OCC[C@H](O)[C@H](O)C(=O)/C(F)=C\[C@H](C)[C@H](C)OC2=O. The average molecular weight is 411 g/mol. The molecule has 0 saturated heterocycles. The summed E-state index contributed by atoms with van der Waals surface area (Å²) in [7, 11) is 0. The van der Waals surface area contributed by atoms with Gasteiger partial charge in [0.05, 0.1) is 12.7 Å². The van der Waals surface area contributed by atoms with E-state index >= 15 is 0 Å². The lowest BCUT2D eigenvalue weighted by Gasteiger charge is -2.22. The zero-order valence-corrected chi connectivity index (χ0v) is 16.5. The smallest absolute Gasteiger partial charge is 0.346 e. The summed E-state index contributed by atoms with van der Waals surface area (Å²) in [6.07, 6.45) is -3.67. The van der Waals surface area contributed by atoms with Gasteiger partial charge in [0.25, 0.3) is 0 Å². The summed E-state index contributed by atoms with van der Waals surface area (Å²) in [5.41, 5.74) is 0.290. The number of halogens is 1. The fourth-order valence-electron chi connectivity index (χ4n) is 2.77. The second-order valence-corrected chi connectivity index (χ2v) is 6.90. The first kappa shape index (κ1) is 22.6. The summed E-state index contributed by atoms with van der Waals surface area (Å²) in [4.78, 5) is 24.6. The standard InChI is InChI=1S/C20H26FNO7/c1-4-22-12-8-15(24)17-16(9-12)28-6-5-14(23)19(26)18(25)13(21)7-10(2)11(3)29-20(17)27/h7-11,14,19,22-24,26H,4-6H2,1-3H3/b13-7+/t10-,11-,14-,19-/m0/s1. The number of carbonyl (C=O) groups is 2. The van der Waals surface area contributed by atoms with Gasteiger partial charge in [-0.3, -0.25) is 4.79 Å². The van der Waals surface area contributed by atoms with Crippen LogP contribution in [0.1, 0.15) is 37.6 Å². The molecule has 0 unspecified atom stereocenters. The maximum Gasteiger partial charge on any atom is 0.346 e. The molecule has 1 aromatic rings. The van der Waals surface area contributed by atoms with Crippen LogP contribution in [0, 0.1) is 5.92 Å². The van der Waals surface area contributed by atoms with E-state index in [1.807, 2.05) is 6.92 Å². The Morgan fingerprint density at radius 2 is 1.93 bits per heavy atom. The number of esters is 1. The van der Waals surface area contributed by atoms with Crippen molar-refractivity contribution in [2.45, 2.75) is 45.5 Å². The molecule has 8 nitrogen and oxygen atoms in total. The number of cyclic esters (lactones) is 1. The molecule has 0 aromatic heterocycles. The minimum Gasteiger partial charge on any atom is -0.507 e. The minimum absolute atomic E-state index is 0.0117. The summed E-state index contributed by atoms with van der Waals surface area (Å²) < 4.78 is 25.0. The summed E-state index contributed by atoms with van der Waals surface area (Å²) >= 11 is 0. The lowest BCUT2D eigenvalue weighted by atomic mass is 10.0. The summed E-state index contributed by atoms with van der Waals surface area (Å²) in [5, 5.41) is 33.2. The van der Waals surface area contributed by atoms with E-state index in [2.05, 4.69) is 5.32 Å². The van der Waals surface area contributed by atoms with E-state index in [0.717, 1.165) is 6.08 Å². The Balaban J connectivity index is 2.45. The molecular weight excluding hydrogens is 385 g/mol. The Morgan fingerprint density at radius 1 is 1.24 bits per heavy atom. The van der Waals surface area contributed by atoms with E-state index in [9.17, 15) is 29.3 Å². The number of nitrogens with one attached hydrogen (secondary N) is 1. The number of hydrogen-bond acceptors (Lipinski definition) is 8. The first-order chi connectivity index (χ1) is 13.6. The maximum atomic E-state index is 14.1. The van der Waals surface area contributed by atoms with Crippen molar-refractivity contribution in [2.24, 2.45) is 5.92 Å². The Kier molecular flexibility index (Phi) is 7.58. The van der Waals surface area contributed by atoms with Gasteiger partial charge in [0.15, 0.2) is 5.83 Å². The number of Topliss-reactive ketones (excluding diaryl/α,β-unsaturated/α-hetero) is 1. The average Bonchev–Trinajstić information content (AvgIpc) is 2.65. The number of ether oxygens (including phenoxy) is 2. The van der Waals surface area contributed by atoms with Crippen molar-refractivity contribution in [1.29, 1.82) is 0 Å². The van der Waals surface area contributed by atoms with Crippen LogP contribution >= 0.6 is 0 Å². The molecule has 0 fully saturated rings. The van der Waals surface area contributed by atoms with Crippen LogP contribution in [0.3, 0.4) is 0 Å². The van der Waals surface area contributed by atoms with Crippen LogP contribution < -0.4 is 10.1 Å². The molecule has 0 radical (unpaired) electrons. The molecule has 160 valence electrons. The van der Waals surface area contributed by atoms with Gasteiger partial charge in [-0.05, 0) is 19.9 Å². The molecule has 0 amide bonds. The number of rotatable bonds is 2. The Hall–Kier alpha value is -2.65. The minimum atomic E-state index is -1.95. The summed E-state index contributed by atoms with van der Waals surface area (Å²) in [6, 6.07) is 2.84. The van der Waals surface area contributed by atoms with E-state index in [1.165, 1.54) is 26.0 Å². The van der Waals surface area contributed by atoms with Crippen molar-refractivity contribution in [1.82, 2.24) is 0 Å². The Morgan fingerprint density at radius 3 is 2.59 bits per heavy atom. The lowest BCUT2D eigenvalue weighted by molar-refractivity contribution is -0.130. The van der Waals surface area contributed by atoms with Crippen molar-refractivity contribution in [3.63, 3.8) is 0 Å². The van der Waals surface area contributed by atoms with E-state index in [1.54, 1.807) is 0 Å². The number of phenolic OH excluding ortho intramolecular Hbond substituents is 1. The van der Waals surface area contributed by atoms with Crippen LogP contribution in [-0.4, -0.2) is 58.5 Å². The molecule has 2 rings (SSSR count). The number of aliphatic hydroxyl groups is 2. The monoisotopic (exact) mass is 411 g/mol. The fraction of sp³-hybridized carbons (Fsp3) is 0.500. The van der Waals surface area contributed by atoms with Gasteiger partial charge >= 0.3 is 5.97 Å². The van der Waals surface area contributed by atoms with E-state index in [0.29, 0.717) is 12.2 Å². The molecule has 29 heavy (non-hydrogen) atoms. The van der Waals surface area contributed by atoms with Crippen molar-refractivity contribution in [2.75, 3.05) is 18.5 Å². The highest BCUT2D eigenvalue weighted by molar-refractivity contribution is 5.97. The molecule has 0 spiro atoms. The van der Waals surface area contributed by atoms with Crippen molar-refractivity contribution < 1.29 is 38.8 Å². The molecule has 1 aromatic carbocycles. The molecule has 0 saturated carbocycles. The zero-order valence-electron chi connectivity index (χ0n) is 16.5. The van der Waals surface area contributed by atoms with Crippen LogP contribution in [0.5, 0.6) is 11.5 Å². The van der Waals surface area contributed by atoms with Crippen molar-refractivity contribution >= 4 is 17.4 Å². The molecule has 1 heterocycles. The number of aromatic hydroxyl groups is 1. The molecule has 9 heteroatoms. The Labute approximate surface area is 167 Å². The van der Waals surface area contributed by atoms with Crippen LogP contribution in [0.15, 0.2) is 24.0 Å². The normalized spacial score (nSPS) is 28.3. The second-order valence-electron chi connectivity index (χ2n) is 6.90. The quantitative estimate of drug-likeness (QED) is 0.544. The predicted molar refractivity (Wildman–Crippen MR) is 103 cm³/mol. The fourth-order valence-corrected chi connectivity index (χ4v) is 2.77. The van der Waals surface area contributed by atoms with Gasteiger partial charge in [0.2, 0.25) is 5.78 Å². The number of ketones is 1. The first-order valence-electron chi connectivity index (χ1n) is 9.38. The van der Waals surface area contributed by atoms with Gasteiger partial charge in [-0.2, -0.15) is 0 Å². The predicted octanol–water partition coefficient (Wildman–Crippen LogP) is 1.93. The van der Waals surface area contributed by atoms with Crippen LogP contribution in [0.2, 0.25) is 0 Å². The highest BCUT2D eigenvalue weighted by Crippen LogP contribution is 2.34. The first-order valence-corrected chi connectivity index (χ1v) is 9.38. The third kappa shape index (κ3) is 5.45. The highest BCUT2D eigenvalue weighted by Gasteiger charge is 2.30. The van der Waals surface area contributed by atoms with Crippen LogP contribution in [0.4, 0.5) is 10.1 Å². The number of phenols is 1. The van der Waals surface area contributed by atoms with Crippen LogP contribution in [0.25, 0.3) is 0 Å². The second kappa shape index (κ2) is 9.71. The maximum absolute atomic E-state index is 14.1. The number of hydrogen-bond donors (Lipinski definition) is 4. The third-order valence-corrected chi connectivity index (χ3v) is 4.65. The summed E-state index contributed by atoms with van der Waals surface area (Å²) in [5.74, 6) is -4.44. The molecule has 0 bridgehead atoms. The number of aliphatic hydroxyl groups excluding tert-OH is 2. The number of anilines is 1. The topological polar surface area (TPSA) is 125 Å². The molecule has 1 aliphatic heterocycles. The highest BCUT2D eigenvalue weighted by atomic mass is 19.1. The van der Waals surface area contributed by atoms with Crippen molar-refractivity contribution in [3.8, 4) is 11.5 Å². The largest absolute Gasteiger partial charge is 0.507 e. The van der Waals surface area contributed by atoms with Gasteiger partial charge < -0.3 is 30.1 Å². The van der Waals surface area contributed by atoms with Gasteiger partial charge in [-0.15, -0.1) is 0 Å². The number of carbonyl (C=O) groups excluding carboxylic acids is 2. The van der Waals surface area contributed by atoms with E-state index < -0.39 is 41.8 Å². The van der Waals surface area contributed by atoms with Gasteiger partial charge in [-0.25, -0.2) is 9.18 Å². The molecule has 4 N–H and O–H groups in total. The Bertz CT molecular complexity index is 795. The van der Waals surface area contributed by atoms with Crippen molar-refractivity contribution in [3.05, 3.63) is 29.6 Å². The van der Waals surface area contributed by atoms with E-state index in [4.69, 9.17) is 9.47 Å². The number of benzene rings is 1. The van der Waals surface area contributed by atoms with Crippen LogP contribution in [-0.2, 0) is 9.53 Å². The zero-order chi connectivity index (χ0) is 21.7. The van der Waals surface area contributed by atoms with Gasteiger partial charge in [0, 0.05) is 36.7 Å². The molecule has 4 atom stereocenters. The summed E-state index contributed by atoms with van der Waals surface area (Å²) in [6.45, 7) is 5.21. The lowest BCUT2D eigenvalue weighted by Crippen LogP contribution is -2.36. The molecule has 0 aliphatic carbocycles. The molecular formula is C20H26FNO7. The molecule has 1 aliphatic rings.